The van der Waals surface area contributed by atoms with E-state index in [9.17, 15) is 9.59 Å². The average molecular weight is 363 g/mol. The molecule has 0 bridgehead atoms. The summed E-state index contributed by atoms with van der Waals surface area (Å²) in [6.07, 6.45) is 0.484. The van der Waals surface area contributed by atoms with Crippen molar-refractivity contribution in [1.82, 2.24) is 15.5 Å². The van der Waals surface area contributed by atoms with Crippen molar-refractivity contribution in [3.8, 4) is 11.5 Å². The summed E-state index contributed by atoms with van der Waals surface area (Å²) in [6.45, 7) is 5.26. The minimum Gasteiger partial charge on any atom is -0.486 e. The third-order valence-corrected chi connectivity index (χ3v) is 4.30. The van der Waals surface area contributed by atoms with Gasteiger partial charge >= 0.3 is 11.8 Å². The molecular weight excluding hydrogens is 338 g/mol. The van der Waals surface area contributed by atoms with Gasteiger partial charge < -0.3 is 24.8 Å². The van der Waals surface area contributed by atoms with Gasteiger partial charge in [0.05, 0.1) is 19.8 Å². The fraction of sp³-hybridized carbons (Fsp3) is 0.556. The lowest BCUT2D eigenvalue weighted by Crippen LogP contribution is -2.46. The Morgan fingerprint density at radius 3 is 2.62 bits per heavy atom. The molecule has 1 fully saturated rings. The van der Waals surface area contributed by atoms with Crippen LogP contribution < -0.4 is 20.1 Å². The van der Waals surface area contributed by atoms with Gasteiger partial charge in [-0.15, -0.1) is 0 Å². The van der Waals surface area contributed by atoms with Crippen molar-refractivity contribution in [3.05, 3.63) is 24.3 Å². The molecule has 1 atom stereocenters. The number of nitrogens with zero attached hydrogens (tertiary/aromatic N) is 1. The van der Waals surface area contributed by atoms with E-state index in [2.05, 4.69) is 15.5 Å². The Labute approximate surface area is 152 Å². The molecule has 0 aromatic heterocycles. The molecule has 0 aliphatic carbocycles. The molecule has 142 valence electrons. The first kappa shape index (κ1) is 18.5. The van der Waals surface area contributed by atoms with Gasteiger partial charge in [0.2, 0.25) is 0 Å². The highest BCUT2D eigenvalue weighted by Gasteiger charge is 2.22. The molecule has 8 heteroatoms. The van der Waals surface area contributed by atoms with E-state index in [0.29, 0.717) is 24.7 Å². The molecule has 1 aromatic carbocycles. The monoisotopic (exact) mass is 363 g/mol. The van der Waals surface area contributed by atoms with E-state index in [1.54, 1.807) is 0 Å². The van der Waals surface area contributed by atoms with Crippen LogP contribution in [-0.4, -0.2) is 75.4 Å². The van der Waals surface area contributed by atoms with Crippen molar-refractivity contribution in [3.63, 3.8) is 0 Å². The van der Waals surface area contributed by atoms with Crippen LogP contribution in [0.1, 0.15) is 6.42 Å². The Morgan fingerprint density at radius 2 is 1.81 bits per heavy atom. The van der Waals surface area contributed by atoms with Gasteiger partial charge in [0.25, 0.3) is 0 Å². The SMILES string of the molecule is O=C(NCCCN1CCOCC1)C(=O)NC[C@@H]1COc2ccccc2O1. The maximum absolute atomic E-state index is 11.9. The fourth-order valence-corrected chi connectivity index (χ4v) is 2.86. The van der Waals surface area contributed by atoms with Crippen LogP contribution in [-0.2, 0) is 14.3 Å². The summed E-state index contributed by atoms with van der Waals surface area (Å²) in [5, 5.41) is 5.23. The van der Waals surface area contributed by atoms with Crippen LogP contribution in [0.3, 0.4) is 0 Å². The zero-order valence-electron chi connectivity index (χ0n) is 14.7. The molecule has 2 aliphatic rings. The summed E-state index contributed by atoms with van der Waals surface area (Å²) in [5.41, 5.74) is 0. The van der Waals surface area contributed by atoms with E-state index in [4.69, 9.17) is 14.2 Å². The lowest BCUT2D eigenvalue weighted by Gasteiger charge is -2.26. The standard InChI is InChI=1S/C18H25N3O5/c22-17(19-6-3-7-21-8-10-24-11-9-21)18(23)20-12-14-13-25-15-4-1-2-5-16(15)26-14/h1-2,4-5,14H,3,6-13H2,(H,19,22)(H,20,23)/t14-/m1/s1. The van der Waals surface area contributed by atoms with E-state index in [1.165, 1.54) is 0 Å². The third kappa shape index (κ3) is 5.34. The van der Waals surface area contributed by atoms with Crippen LogP contribution in [0.2, 0.25) is 0 Å². The van der Waals surface area contributed by atoms with Crippen LogP contribution in [0.5, 0.6) is 11.5 Å². The van der Waals surface area contributed by atoms with Gasteiger partial charge in [-0.2, -0.15) is 0 Å². The highest BCUT2D eigenvalue weighted by molar-refractivity contribution is 6.35. The van der Waals surface area contributed by atoms with E-state index in [-0.39, 0.29) is 12.6 Å². The second kappa shape index (κ2) is 9.40. The Kier molecular flexibility index (Phi) is 6.68. The number of hydrogen-bond donors (Lipinski definition) is 2. The zero-order valence-corrected chi connectivity index (χ0v) is 14.7. The second-order valence-corrected chi connectivity index (χ2v) is 6.27. The molecule has 1 saturated heterocycles. The van der Waals surface area contributed by atoms with Crippen molar-refractivity contribution in [2.45, 2.75) is 12.5 Å². The zero-order chi connectivity index (χ0) is 18.2. The van der Waals surface area contributed by atoms with Gasteiger partial charge in [0.15, 0.2) is 11.5 Å². The van der Waals surface area contributed by atoms with Gasteiger partial charge in [-0.05, 0) is 25.1 Å². The molecule has 26 heavy (non-hydrogen) atoms. The second-order valence-electron chi connectivity index (χ2n) is 6.27. The predicted octanol–water partition coefficient (Wildman–Crippen LogP) is -0.219. The van der Waals surface area contributed by atoms with Gasteiger partial charge in [-0.1, -0.05) is 12.1 Å². The number of hydrogen-bond acceptors (Lipinski definition) is 6. The number of amides is 2. The van der Waals surface area contributed by atoms with Gasteiger partial charge in [-0.25, -0.2) is 0 Å². The highest BCUT2D eigenvalue weighted by Crippen LogP contribution is 2.30. The molecule has 0 saturated carbocycles. The molecule has 2 aliphatic heterocycles. The number of benzene rings is 1. The number of carbonyl (C=O) groups excluding carboxylic acids is 2. The molecule has 2 amide bonds. The molecule has 1 aromatic rings. The number of rotatable bonds is 6. The van der Waals surface area contributed by atoms with Crippen molar-refractivity contribution in [1.29, 1.82) is 0 Å². The van der Waals surface area contributed by atoms with Crippen LogP contribution in [0.25, 0.3) is 0 Å². The fourth-order valence-electron chi connectivity index (χ4n) is 2.86. The van der Waals surface area contributed by atoms with Crippen LogP contribution in [0.15, 0.2) is 24.3 Å². The first-order valence-corrected chi connectivity index (χ1v) is 8.97. The Balaban J connectivity index is 1.30. The Hall–Kier alpha value is -2.32. The molecule has 0 unspecified atom stereocenters. The van der Waals surface area contributed by atoms with Gasteiger partial charge in [-0.3, -0.25) is 14.5 Å². The van der Waals surface area contributed by atoms with E-state index in [1.807, 2.05) is 24.3 Å². The molecule has 2 N–H and O–H groups in total. The third-order valence-electron chi connectivity index (χ3n) is 4.30. The summed E-state index contributed by atoms with van der Waals surface area (Å²) in [6, 6.07) is 7.36. The summed E-state index contributed by atoms with van der Waals surface area (Å²) in [5.74, 6) is 0.0570. The molecule has 0 radical (unpaired) electrons. The average Bonchev–Trinajstić information content (AvgIpc) is 2.70. The number of carbonyl (C=O) groups is 2. The van der Waals surface area contributed by atoms with Gasteiger partial charge in [0.1, 0.15) is 12.7 Å². The maximum Gasteiger partial charge on any atom is 0.309 e. The topological polar surface area (TPSA) is 89.1 Å². The number of nitrogens with one attached hydrogen (secondary N) is 2. The lowest BCUT2D eigenvalue weighted by molar-refractivity contribution is -0.139. The largest absolute Gasteiger partial charge is 0.486 e. The minimum absolute atomic E-state index is 0.217. The van der Waals surface area contributed by atoms with Crippen LogP contribution in [0.4, 0.5) is 0 Å². The number of morpholine rings is 1. The molecular formula is C18H25N3O5. The van der Waals surface area contributed by atoms with E-state index >= 15 is 0 Å². The van der Waals surface area contributed by atoms with Crippen molar-refractivity contribution in [2.75, 3.05) is 52.5 Å². The van der Waals surface area contributed by atoms with Crippen molar-refractivity contribution in [2.24, 2.45) is 0 Å². The van der Waals surface area contributed by atoms with Gasteiger partial charge in [0, 0.05) is 19.6 Å². The first-order chi connectivity index (χ1) is 12.7. The smallest absolute Gasteiger partial charge is 0.309 e. The minimum atomic E-state index is -0.654. The van der Waals surface area contributed by atoms with E-state index < -0.39 is 11.8 Å². The summed E-state index contributed by atoms with van der Waals surface area (Å²) in [4.78, 5) is 26.0. The Morgan fingerprint density at radius 1 is 1.08 bits per heavy atom. The molecule has 0 spiro atoms. The lowest BCUT2D eigenvalue weighted by atomic mass is 10.2. The number of fused-ring (bicyclic) bond motifs is 1. The quantitative estimate of drug-likeness (QED) is 0.537. The van der Waals surface area contributed by atoms with Crippen molar-refractivity contribution < 1.29 is 23.8 Å². The highest BCUT2D eigenvalue weighted by atomic mass is 16.6. The maximum atomic E-state index is 11.9. The molecule has 2 heterocycles. The Bertz CT molecular complexity index is 619. The summed E-state index contributed by atoms with van der Waals surface area (Å²) < 4.78 is 16.6. The predicted molar refractivity (Wildman–Crippen MR) is 94.2 cm³/mol. The normalized spacial score (nSPS) is 19.6. The van der Waals surface area contributed by atoms with Crippen LogP contribution >= 0.6 is 0 Å². The summed E-state index contributed by atoms with van der Waals surface area (Å²) >= 11 is 0. The molecule has 3 rings (SSSR count). The number of ether oxygens (including phenoxy) is 3. The summed E-state index contributed by atoms with van der Waals surface area (Å²) in [7, 11) is 0. The van der Waals surface area contributed by atoms with Crippen molar-refractivity contribution >= 4 is 11.8 Å². The first-order valence-electron chi connectivity index (χ1n) is 8.97. The van der Waals surface area contributed by atoms with E-state index in [0.717, 1.165) is 39.3 Å². The van der Waals surface area contributed by atoms with Crippen LogP contribution in [0, 0.1) is 0 Å². The molecule has 8 nitrogen and oxygen atoms in total. The number of para-hydroxylation sites is 2.